The Kier molecular flexibility index (Phi) is 1.67. The van der Waals surface area contributed by atoms with Crippen LogP contribution in [0.4, 0.5) is 0 Å². The number of H-pyrrole nitrogens is 1. The normalized spacial score (nSPS) is 10.2. The van der Waals surface area contributed by atoms with Crippen molar-refractivity contribution in [1.82, 2.24) is 9.55 Å². The monoisotopic (exact) mass is 189 g/mol. The molecular formula is C9H7N3S. The lowest BCUT2D eigenvalue weighted by atomic mass is 10.2. The highest BCUT2D eigenvalue weighted by atomic mass is 32.1. The summed E-state index contributed by atoms with van der Waals surface area (Å²) < 4.78 is 2.45. The van der Waals surface area contributed by atoms with Crippen LogP contribution < -0.4 is 0 Å². The Hall–Kier alpha value is -1.60. The Bertz CT molecular complexity index is 556. The Balaban J connectivity index is 3.06. The van der Waals surface area contributed by atoms with Crippen LogP contribution in [0.2, 0.25) is 0 Å². The number of hydrogen-bond donors (Lipinski definition) is 1. The first kappa shape index (κ1) is 8.02. The van der Waals surface area contributed by atoms with E-state index < -0.39 is 0 Å². The fraction of sp³-hybridized carbons (Fsp3) is 0.111. The lowest BCUT2D eigenvalue weighted by Crippen LogP contribution is -1.89. The number of imidazole rings is 1. The highest BCUT2D eigenvalue weighted by Crippen LogP contribution is 2.16. The molecule has 2 rings (SSSR count). The van der Waals surface area contributed by atoms with Crippen LogP contribution in [0.25, 0.3) is 11.0 Å². The molecule has 0 saturated carbocycles. The highest BCUT2D eigenvalue weighted by Gasteiger charge is 2.04. The third kappa shape index (κ3) is 1.05. The highest BCUT2D eigenvalue weighted by molar-refractivity contribution is 7.71. The van der Waals surface area contributed by atoms with E-state index in [9.17, 15) is 0 Å². The minimum Gasteiger partial charge on any atom is -0.331 e. The van der Waals surface area contributed by atoms with E-state index in [0.717, 1.165) is 11.0 Å². The van der Waals surface area contributed by atoms with Crippen molar-refractivity contribution in [2.75, 3.05) is 0 Å². The van der Waals surface area contributed by atoms with Gasteiger partial charge in [0, 0.05) is 7.05 Å². The molecule has 1 aromatic carbocycles. The molecule has 1 N–H and O–H groups in total. The molecule has 0 aliphatic carbocycles. The second kappa shape index (κ2) is 2.71. The van der Waals surface area contributed by atoms with Crippen LogP contribution in [0.3, 0.4) is 0 Å². The lowest BCUT2D eigenvalue weighted by molar-refractivity contribution is 0.925. The molecule has 64 valence electrons. The second-order valence-electron chi connectivity index (χ2n) is 2.80. The average Bonchev–Trinajstić information content (AvgIpc) is 2.43. The van der Waals surface area contributed by atoms with Crippen LogP contribution in [-0.4, -0.2) is 9.55 Å². The number of para-hydroxylation sites is 1. The largest absolute Gasteiger partial charge is 0.331 e. The Labute approximate surface area is 80.2 Å². The molecule has 0 atom stereocenters. The molecule has 0 saturated heterocycles. The summed E-state index contributed by atoms with van der Waals surface area (Å²) in [4.78, 5) is 3.03. The molecule has 0 bridgehead atoms. The van der Waals surface area contributed by atoms with E-state index >= 15 is 0 Å². The van der Waals surface area contributed by atoms with Gasteiger partial charge in [0.25, 0.3) is 0 Å². The third-order valence-electron chi connectivity index (χ3n) is 2.04. The molecule has 0 aliphatic rings. The van der Waals surface area contributed by atoms with Gasteiger partial charge in [0.15, 0.2) is 4.77 Å². The van der Waals surface area contributed by atoms with E-state index in [-0.39, 0.29) is 0 Å². The van der Waals surface area contributed by atoms with Crippen LogP contribution in [0.1, 0.15) is 5.56 Å². The van der Waals surface area contributed by atoms with Gasteiger partial charge in [0.2, 0.25) is 0 Å². The minimum absolute atomic E-state index is 0.637. The number of rotatable bonds is 0. The molecular weight excluding hydrogens is 182 g/mol. The first-order chi connectivity index (χ1) is 6.24. The lowest BCUT2D eigenvalue weighted by Gasteiger charge is -1.95. The molecule has 0 unspecified atom stereocenters. The second-order valence-corrected chi connectivity index (χ2v) is 3.19. The number of fused-ring (bicyclic) bond motifs is 1. The van der Waals surface area contributed by atoms with Gasteiger partial charge in [-0.05, 0) is 24.4 Å². The van der Waals surface area contributed by atoms with Gasteiger partial charge in [0.1, 0.15) is 6.07 Å². The molecule has 1 heterocycles. The van der Waals surface area contributed by atoms with Crippen molar-refractivity contribution >= 4 is 23.3 Å². The van der Waals surface area contributed by atoms with Crippen LogP contribution in [-0.2, 0) is 7.05 Å². The molecule has 13 heavy (non-hydrogen) atoms. The summed E-state index contributed by atoms with van der Waals surface area (Å²) in [7, 11) is 1.85. The Morgan fingerprint density at radius 3 is 3.00 bits per heavy atom. The van der Waals surface area contributed by atoms with Gasteiger partial charge in [-0.2, -0.15) is 5.26 Å². The first-order valence-electron chi connectivity index (χ1n) is 3.82. The van der Waals surface area contributed by atoms with Crippen LogP contribution in [0.5, 0.6) is 0 Å². The molecule has 4 heteroatoms. The van der Waals surface area contributed by atoms with Crippen molar-refractivity contribution in [2.24, 2.45) is 7.05 Å². The molecule has 0 amide bonds. The summed E-state index contributed by atoms with van der Waals surface area (Å²) in [6, 6.07) is 7.67. The van der Waals surface area contributed by atoms with Crippen molar-refractivity contribution < 1.29 is 0 Å². The quantitative estimate of drug-likeness (QED) is 0.645. The molecule has 3 nitrogen and oxygen atoms in total. The van der Waals surface area contributed by atoms with Crippen molar-refractivity contribution in [3.05, 3.63) is 28.5 Å². The van der Waals surface area contributed by atoms with Crippen LogP contribution in [0, 0.1) is 16.1 Å². The maximum Gasteiger partial charge on any atom is 0.177 e. The van der Waals surface area contributed by atoms with Gasteiger partial charge in [-0.25, -0.2) is 0 Å². The van der Waals surface area contributed by atoms with Crippen LogP contribution in [0.15, 0.2) is 18.2 Å². The standard InChI is InChI=1S/C9H7N3S/c1-12-8-6(5-10)3-2-4-7(8)11-9(12)13/h2-4H,1H3,(H,11,13). The molecule has 0 spiro atoms. The molecule has 0 radical (unpaired) electrons. The van der Waals surface area contributed by atoms with Crippen molar-refractivity contribution in [3.63, 3.8) is 0 Å². The predicted molar refractivity (Wildman–Crippen MR) is 52.8 cm³/mol. The zero-order valence-corrected chi connectivity index (χ0v) is 7.85. The summed E-state index contributed by atoms with van der Waals surface area (Å²) in [6.45, 7) is 0. The maximum absolute atomic E-state index is 8.86. The average molecular weight is 189 g/mol. The zero-order valence-electron chi connectivity index (χ0n) is 7.03. The number of aryl methyl sites for hydroxylation is 1. The summed E-state index contributed by atoms with van der Waals surface area (Å²) >= 11 is 5.06. The number of benzene rings is 1. The van der Waals surface area contributed by atoms with Gasteiger partial charge in [-0.3, -0.25) is 0 Å². The first-order valence-corrected chi connectivity index (χ1v) is 4.22. The van der Waals surface area contributed by atoms with Gasteiger partial charge in [-0.15, -0.1) is 0 Å². The summed E-state index contributed by atoms with van der Waals surface area (Å²) in [5.74, 6) is 0. The predicted octanol–water partition coefficient (Wildman–Crippen LogP) is 2.11. The number of nitrogens with one attached hydrogen (secondary N) is 1. The molecule has 1 aromatic heterocycles. The van der Waals surface area contributed by atoms with Crippen molar-refractivity contribution in [1.29, 1.82) is 5.26 Å². The van der Waals surface area contributed by atoms with E-state index in [0.29, 0.717) is 10.3 Å². The van der Waals surface area contributed by atoms with E-state index in [1.54, 1.807) is 6.07 Å². The van der Waals surface area contributed by atoms with Crippen molar-refractivity contribution in [3.8, 4) is 6.07 Å². The topological polar surface area (TPSA) is 44.5 Å². The fourth-order valence-electron chi connectivity index (χ4n) is 1.40. The van der Waals surface area contributed by atoms with E-state index in [1.807, 2.05) is 23.7 Å². The van der Waals surface area contributed by atoms with Gasteiger partial charge in [-0.1, -0.05) is 6.07 Å². The van der Waals surface area contributed by atoms with E-state index in [2.05, 4.69) is 11.1 Å². The summed E-state index contributed by atoms with van der Waals surface area (Å²) in [5, 5.41) is 8.86. The smallest absolute Gasteiger partial charge is 0.177 e. The fourth-order valence-corrected chi connectivity index (χ4v) is 1.60. The number of hydrogen-bond acceptors (Lipinski definition) is 2. The summed E-state index contributed by atoms with van der Waals surface area (Å²) in [6.07, 6.45) is 0. The molecule has 2 aromatic rings. The summed E-state index contributed by atoms with van der Waals surface area (Å²) in [5.41, 5.74) is 2.42. The maximum atomic E-state index is 8.86. The number of aromatic nitrogens is 2. The molecule has 0 aliphatic heterocycles. The Morgan fingerprint density at radius 1 is 1.54 bits per heavy atom. The number of aromatic amines is 1. The zero-order chi connectivity index (χ0) is 9.42. The van der Waals surface area contributed by atoms with Crippen LogP contribution >= 0.6 is 12.2 Å². The number of nitriles is 1. The number of nitrogens with zero attached hydrogens (tertiary/aromatic N) is 2. The minimum atomic E-state index is 0.637. The van der Waals surface area contributed by atoms with Crippen molar-refractivity contribution in [2.45, 2.75) is 0 Å². The Morgan fingerprint density at radius 2 is 2.31 bits per heavy atom. The van der Waals surface area contributed by atoms with Gasteiger partial charge >= 0.3 is 0 Å². The van der Waals surface area contributed by atoms with E-state index in [1.165, 1.54) is 0 Å². The third-order valence-corrected chi connectivity index (χ3v) is 2.41. The van der Waals surface area contributed by atoms with Gasteiger partial charge < -0.3 is 9.55 Å². The SMILES string of the molecule is Cn1c(=S)[nH]c2cccc(C#N)c21. The van der Waals surface area contributed by atoms with Gasteiger partial charge in [0.05, 0.1) is 16.6 Å². The molecule has 0 fully saturated rings. The van der Waals surface area contributed by atoms with E-state index in [4.69, 9.17) is 17.5 Å².